The van der Waals surface area contributed by atoms with Crippen LogP contribution in [0.4, 0.5) is 48.3 Å². The van der Waals surface area contributed by atoms with Crippen molar-refractivity contribution >= 4 is 23.2 Å². The molecule has 3 N–H and O–H groups in total. The fourth-order valence-corrected chi connectivity index (χ4v) is 4.40. The van der Waals surface area contributed by atoms with E-state index in [1.807, 2.05) is 4.90 Å². The number of pyridine rings is 1. The fourth-order valence-electron chi connectivity index (χ4n) is 4.40. The monoisotopic (exact) mass is 593 g/mol. The van der Waals surface area contributed by atoms with Gasteiger partial charge in [0.05, 0.1) is 6.57 Å². The van der Waals surface area contributed by atoms with Gasteiger partial charge in [-0.3, -0.25) is 15.2 Å². The second kappa shape index (κ2) is 12.3. The highest BCUT2D eigenvalue weighted by Gasteiger charge is 2.71. The van der Waals surface area contributed by atoms with Gasteiger partial charge in [-0.05, 0) is 48.7 Å². The van der Waals surface area contributed by atoms with Gasteiger partial charge in [-0.15, -0.1) is 0 Å². The van der Waals surface area contributed by atoms with Crippen LogP contribution in [0.1, 0.15) is 24.0 Å². The molecule has 1 saturated heterocycles. The van der Waals surface area contributed by atoms with Crippen LogP contribution in [0.25, 0.3) is 4.85 Å². The number of alkyl halides is 6. The van der Waals surface area contributed by atoms with E-state index < -0.39 is 29.5 Å². The van der Waals surface area contributed by atoms with Crippen LogP contribution in [-0.4, -0.2) is 52.6 Å². The standard InChI is InChI=1S/C28H25F6N5O3/c1-35-21-8-11-24(36-16-21)38-25(40)37-20-6-9-22(10-7-20)42-23-12-14-39(15-13-23)17-18-2-4-19(5-3-18)26(41,27(29,30)31)28(32,33)34/h2-11,16,23,41H,12-15,17H2,(H2,36,37,38,40). The van der Waals surface area contributed by atoms with Gasteiger partial charge in [-0.2, -0.15) is 26.3 Å². The van der Waals surface area contributed by atoms with Gasteiger partial charge in [-0.1, -0.05) is 30.3 Å². The minimum atomic E-state index is -5.92. The third-order valence-electron chi connectivity index (χ3n) is 6.67. The van der Waals surface area contributed by atoms with Crippen molar-refractivity contribution in [1.82, 2.24) is 9.88 Å². The summed E-state index contributed by atoms with van der Waals surface area (Å²) in [4.78, 5) is 21.4. The molecule has 2 aromatic carbocycles. The summed E-state index contributed by atoms with van der Waals surface area (Å²) in [5, 5.41) is 14.8. The number of aromatic nitrogens is 1. The summed E-state index contributed by atoms with van der Waals surface area (Å²) in [6.07, 6.45) is -9.33. The van der Waals surface area contributed by atoms with E-state index in [0.717, 1.165) is 12.1 Å². The molecule has 42 heavy (non-hydrogen) atoms. The van der Waals surface area contributed by atoms with Crippen LogP contribution in [0.15, 0.2) is 66.9 Å². The third kappa shape index (κ3) is 7.10. The first kappa shape index (κ1) is 30.6. The molecular weight excluding hydrogens is 568 g/mol. The molecule has 14 heteroatoms. The predicted octanol–water partition coefficient (Wildman–Crippen LogP) is 6.63. The van der Waals surface area contributed by atoms with Gasteiger partial charge in [0.1, 0.15) is 17.7 Å². The summed E-state index contributed by atoms with van der Waals surface area (Å²) in [6.45, 7) is 8.41. The largest absolute Gasteiger partial charge is 0.490 e. The highest BCUT2D eigenvalue weighted by molar-refractivity contribution is 5.99. The van der Waals surface area contributed by atoms with Gasteiger partial charge in [0.25, 0.3) is 5.60 Å². The Morgan fingerprint density at radius 2 is 1.57 bits per heavy atom. The van der Waals surface area contributed by atoms with Crippen LogP contribution in [0.5, 0.6) is 5.75 Å². The lowest BCUT2D eigenvalue weighted by molar-refractivity contribution is -0.376. The van der Waals surface area contributed by atoms with Crippen molar-refractivity contribution in [2.24, 2.45) is 0 Å². The minimum absolute atomic E-state index is 0.108. The molecule has 1 aromatic heterocycles. The van der Waals surface area contributed by atoms with Crippen LogP contribution in [0, 0.1) is 6.57 Å². The molecule has 0 radical (unpaired) electrons. The number of carbonyl (C=O) groups excluding carboxylic acids is 1. The number of aliphatic hydroxyl groups is 1. The van der Waals surface area contributed by atoms with Crippen LogP contribution in [0.2, 0.25) is 0 Å². The van der Waals surface area contributed by atoms with Crippen LogP contribution >= 0.6 is 0 Å². The molecule has 4 rings (SSSR count). The number of nitrogens with one attached hydrogen (secondary N) is 2. The molecule has 1 aliphatic heterocycles. The summed E-state index contributed by atoms with van der Waals surface area (Å²) >= 11 is 0. The van der Waals surface area contributed by atoms with Crippen molar-refractivity contribution in [3.05, 3.63) is 89.4 Å². The first-order chi connectivity index (χ1) is 19.8. The minimum Gasteiger partial charge on any atom is -0.490 e. The smallest absolute Gasteiger partial charge is 0.430 e. The number of piperidine rings is 1. The Bertz CT molecular complexity index is 1380. The summed E-state index contributed by atoms with van der Waals surface area (Å²) < 4.78 is 84.6. The molecule has 0 bridgehead atoms. The van der Waals surface area contributed by atoms with E-state index in [-0.39, 0.29) is 6.10 Å². The van der Waals surface area contributed by atoms with Crippen LogP contribution in [0.3, 0.4) is 0 Å². The molecule has 1 aliphatic rings. The van der Waals surface area contributed by atoms with E-state index in [0.29, 0.717) is 73.1 Å². The van der Waals surface area contributed by atoms with E-state index in [1.165, 1.54) is 18.3 Å². The van der Waals surface area contributed by atoms with Crippen LogP contribution in [-0.2, 0) is 12.1 Å². The van der Waals surface area contributed by atoms with E-state index >= 15 is 0 Å². The third-order valence-corrected chi connectivity index (χ3v) is 6.67. The first-order valence-corrected chi connectivity index (χ1v) is 12.6. The zero-order valence-electron chi connectivity index (χ0n) is 21.8. The number of anilines is 2. The lowest BCUT2D eigenvalue weighted by atomic mass is 9.91. The second-order valence-corrected chi connectivity index (χ2v) is 9.61. The van der Waals surface area contributed by atoms with Crippen molar-refractivity contribution in [3.63, 3.8) is 0 Å². The first-order valence-electron chi connectivity index (χ1n) is 12.6. The average molecular weight is 594 g/mol. The number of urea groups is 1. The highest BCUT2D eigenvalue weighted by atomic mass is 19.4. The second-order valence-electron chi connectivity index (χ2n) is 9.61. The van der Waals surface area contributed by atoms with Crippen molar-refractivity contribution in [2.45, 2.75) is 43.4 Å². The Balaban J connectivity index is 1.24. The summed E-state index contributed by atoms with van der Waals surface area (Å²) in [7, 11) is 0. The molecule has 2 amide bonds. The number of nitrogens with zero attached hydrogens (tertiary/aromatic N) is 3. The zero-order valence-corrected chi connectivity index (χ0v) is 21.8. The Morgan fingerprint density at radius 1 is 0.952 bits per heavy atom. The highest BCUT2D eigenvalue weighted by Crippen LogP contribution is 2.50. The van der Waals surface area contributed by atoms with E-state index in [9.17, 15) is 36.2 Å². The number of hydrogen-bond donors (Lipinski definition) is 3. The molecule has 3 aromatic rings. The molecule has 0 saturated carbocycles. The Hall–Kier alpha value is -4.35. The van der Waals surface area contributed by atoms with Crippen LogP contribution < -0.4 is 15.4 Å². The molecule has 0 unspecified atom stereocenters. The molecule has 2 heterocycles. The lowest BCUT2D eigenvalue weighted by Gasteiger charge is -2.33. The fraction of sp³-hybridized carbons (Fsp3) is 0.321. The summed E-state index contributed by atoms with van der Waals surface area (Å²) in [6, 6.07) is 12.9. The maximum Gasteiger partial charge on any atom is 0.430 e. The summed E-state index contributed by atoms with van der Waals surface area (Å²) in [5.41, 5.74) is -4.86. The maximum atomic E-state index is 13.1. The number of carbonyl (C=O) groups is 1. The molecule has 0 atom stereocenters. The zero-order chi connectivity index (χ0) is 30.5. The van der Waals surface area contributed by atoms with Gasteiger partial charge in [0.2, 0.25) is 5.69 Å². The molecule has 8 nitrogen and oxygen atoms in total. The van der Waals surface area contributed by atoms with E-state index in [2.05, 4.69) is 20.5 Å². The number of ether oxygens (including phenoxy) is 1. The van der Waals surface area contributed by atoms with E-state index in [1.54, 1.807) is 24.3 Å². The number of halogens is 6. The molecular formula is C28H25F6N5O3. The normalized spacial score (nSPS) is 15.1. The lowest BCUT2D eigenvalue weighted by Crippen LogP contribution is -2.53. The van der Waals surface area contributed by atoms with Gasteiger partial charge < -0.3 is 15.2 Å². The van der Waals surface area contributed by atoms with Gasteiger partial charge in [-0.25, -0.2) is 9.64 Å². The number of amides is 2. The molecule has 222 valence electrons. The Morgan fingerprint density at radius 3 is 2.10 bits per heavy atom. The predicted molar refractivity (Wildman–Crippen MR) is 141 cm³/mol. The Kier molecular flexibility index (Phi) is 8.93. The number of likely N-dealkylation sites (tertiary alicyclic amines) is 1. The maximum absolute atomic E-state index is 13.1. The van der Waals surface area contributed by atoms with E-state index in [4.69, 9.17) is 11.3 Å². The number of rotatable bonds is 7. The molecule has 0 spiro atoms. The number of benzene rings is 2. The molecule has 0 aliphatic carbocycles. The quantitative estimate of drug-likeness (QED) is 0.211. The van der Waals surface area contributed by atoms with Gasteiger partial charge in [0, 0.05) is 37.1 Å². The van der Waals surface area contributed by atoms with Crippen molar-refractivity contribution < 1.29 is 41.0 Å². The van der Waals surface area contributed by atoms with Crippen molar-refractivity contribution in [1.29, 1.82) is 0 Å². The number of hydrogen-bond acceptors (Lipinski definition) is 5. The average Bonchev–Trinajstić information content (AvgIpc) is 2.94. The van der Waals surface area contributed by atoms with Gasteiger partial charge >= 0.3 is 18.4 Å². The van der Waals surface area contributed by atoms with Crippen molar-refractivity contribution in [2.75, 3.05) is 23.7 Å². The van der Waals surface area contributed by atoms with Crippen molar-refractivity contribution in [3.8, 4) is 5.75 Å². The topological polar surface area (TPSA) is 91.1 Å². The molecule has 1 fully saturated rings. The SMILES string of the molecule is [C-]#[N+]c1ccc(NC(=O)Nc2ccc(OC3CCN(Cc4ccc(C(O)(C(F)(F)F)C(F)(F)F)cc4)CC3)cc2)nc1. The summed E-state index contributed by atoms with van der Waals surface area (Å²) in [5.74, 6) is 0.881. The van der Waals surface area contributed by atoms with Gasteiger partial charge in [0.15, 0.2) is 0 Å². The Labute approximate surface area is 236 Å².